The number of rotatable bonds is 2. The molecule has 1 rings (SSSR count). The van der Waals surface area contributed by atoms with E-state index in [9.17, 15) is 4.79 Å². The summed E-state index contributed by atoms with van der Waals surface area (Å²) < 4.78 is 4.80. The Morgan fingerprint density at radius 2 is 2.50 bits per heavy atom. The van der Waals surface area contributed by atoms with Crippen LogP contribution in [0.5, 0.6) is 0 Å². The van der Waals surface area contributed by atoms with Gasteiger partial charge in [-0.2, -0.15) is 0 Å². The maximum Gasteiger partial charge on any atom is 0.413 e. The Kier molecular flexibility index (Phi) is 2.98. The number of aromatic nitrogens is 2. The van der Waals surface area contributed by atoms with Gasteiger partial charge in [-0.05, 0) is 13.8 Å². The minimum Gasteiger partial charge on any atom is -0.447 e. The van der Waals surface area contributed by atoms with Crippen molar-refractivity contribution in [1.29, 1.82) is 0 Å². The van der Waals surface area contributed by atoms with Crippen LogP contribution >= 0.6 is 11.3 Å². The van der Waals surface area contributed by atoms with Crippen LogP contribution in [0.4, 0.5) is 9.93 Å². The molecule has 1 radical (unpaired) electrons. The summed E-state index contributed by atoms with van der Waals surface area (Å²) in [7, 11) is 0. The topological polar surface area (TPSA) is 64.1 Å². The van der Waals surface area contributed by atoms with Crippen molar-refractivity contribution in [3.63, 3.8) is 0 Å². The summed E-state index contributed by atoms with van der Waals surface area (Å²) in [6.07, 6.45) is -0.656. The lowest BCUT2D eigenvalue weighted by molar-refractivity contribution is 0.130. The zero-order valence-electron chi connectivity index (χ0n) is 6.70. The molecule has 65 valence electrons. The number of amides is 1. The normalized spacial score (nSPS) is 9.92. The lowest BCUT2D eigenvalue weighted by Crippen LogP contribution is -2.17. The van der Waals surface area contributed by atoms with Gasteiger partial charge in [0.15, 0.2) is 5.51 Å². The van der Waals surface area contributed by atoms with E-state index in [1.165, 1.54) is 0 Å². The monoisotopic (exact) mass is 186 g/mol. The summed E-state index contributed by atoms with van der Waals surface area (Å²) >= 11 is 1.12. The van der Waals surface area contributed by atoms with E-state index in [1.54, 1.807) is 13.8 Å². The second-order valence-corrected chi connectivity index (χ2v) is 3.05. The van der Waals surface area contributed by atoms with E-state index < -0.39 is 6.09 Å². The third-order valence-corrected chi connectivity index (χ3v) is 1.43. The van der Waals surface area contributed by atoms with E-state index in [1.807, 2.05) is 0 Å². The molecule has 0 aliphatic heterocycles. The van der Waals surface area contributed by atoms with Crippen molar-refractivity contribution in [2.24, 2.45) is 0 Å². The second kappa shape index (κ2) is 4.01. The van der Waals surface area contributed by atoms with Crippen molar-refractivity contribution < 1.29 is 9.53 Å². The maximum atomic E-state index is 10.9. The van der Waals surface area contributed by atoms with E-state index >= 15 is 0 Å². The molecule has 0 bridgehead atoms. The molecule has 0 spiro atoms. The Morgan fingerprint density at radius 3 is 3.00 bits per heavy atom. The molecule has 0 saturated heterocycles. The SMILES string of the molecule is CC(C)OC(=O)Nc1nn[c]s1. The summed E-state index contributed by atoms with van der Waals surface area (Å²) in [5.74, 6) is 0. The highest BCUT2D eigenvalue weighted by Crippen LogP contribution is 2.07. The molecule has 0 fully saturated rings. The molecule has 0 aliphatic rings. The third kappa shape index (κ3) is 2.83. The quantitative estimate of drug-likeness (QED) is 0.756. The smallest absolute Gasteiger partial charge is 0.413 e. The molecule has 5 nitrogen and oxygen atoms in total. The fraction of sp³-hybridized carbons (Fsp3) is 0.500. The average molecular weight is 186 g/mol. The van der Waals surface area contributed by atoms with Crippen LogP contribution < -0.4 is 5.32 Å². The zero-order valence-corrected chi connectivity index (χ0v) is 7.51. The second-order valence-electron chi connectivity index (χ2n) is 2.28. The molecule has 1 aromatic rings. The standard InChI is InChI=1S/C6H8N3O2S/c1-4(2)11-6(10)8-5-9-7-3-12-5/h4H,1-2H3,(H,8,9,10). The summed E-state index contributed by atoms with van der Waals surface area (Å²) in [6, 6.07) is 0. The van der Waals surface area contributed by atoms with Crippen LogP contribution in [0.2, 0.25) is 0 Å². The predicted octanol–water partition coefficient (Wildman–Crippen LogP) is 1.30. The van der Waals surface area contributed by atoms with Gasteiger partial charge in [0.1, 0.15) is 0 Å². The highest BCUT2D eigenvalue weighted by Gasteiger charge is 2.06. The summed E-state index contributed by atoms with van der Waals surface area (Å²) in [6.45, 7) is 3.54. The number of hydrogen-bond acceptors (Lipinski definition) is 5. The number of anilines is 1. The Labute approximate surface area is 73.8 Å². The number of nitrogens with one attached hydrogen (secondary N) is 1. The van der Waals surface area contributed by atoms with Crippen LogP contribution in [0, 0.1) is 5.51 Å². The number of hydrogen-bond donors (Lipinski definition) is 1. The molecule has 1 heterocycles. The molecule has 1 aromatic heterocycles. The number of nitrogens with zero attached hydrogens (tertiary/aromatic N) is 2. The van der Waals surface area contributed by atoms with Gasteiger partial charge in [-0.1, -0.05) is 11.3 Å². The van der Waals surface area contributed by atoms with Crippen molar-refractivity contribution in [1.82, 2.24) is 10.2 Å². The van der Waals surface area contributed by atoms with Crippen molar-refractivity contribution >= 4 is 22.6 Å². The Balaban J connectivity index is 2.37. The van der Waals surface area contributed by atoms with E-state index in [0.29, 0.717) is 5.13 Å². The van der Waals surface area contributed by atoms with Crippen LogP contribution in [0.1, 0.15) is 13.8 Å². The van der Waals surface area contributed by atoms with Crippen LogP contribution in [-0.2, 0) is 4.74 Å². The van der Waals surface area contributed by atoms with Crippen molar-refractivity contribution in [2.45, 2.75) is 20.0 Å². The van der Waals surface area contributed by atoms with E-state index in [4.69, 9.17) is 4.74 Å². The van der Waals surface area contributed by atoms with Gasteiger partial charge >= 0.3 is 6.09 Å². The van der Waals surface area contributed by atoms with Crippen LogP contribution in [0.3, 0.4) is 0 Å². The Hall–Kier alpha value is -1.17. The fourth-order valence-electron chi connectivity index (χ4n) is 0.531. The van der Waals surface area contributed by atoms with Gasteiger partial charge in [0.05, 0.1) is 6.10 Å². The van der Waals surface area contributed by atoms with Gasteiger partial charge in [-0.3, -0.25) is 5.32 Å². The summed E-state index contributed by atoms with van der Waals surface area (Å²) in [4.78, 5) is 10.9. The molecule has 1 N–H and O–H groups in total. The van der Waals surface area contributed by atoms with E-state index in [-0.39, 0.29) is 6.10 Å². The first-order chi connectivity index (χ1) is 5.68. The molecule has 0 atom stereocenters. The molecule has 0 aliphatic carbocycles. The van der Waals surface area contributed by atoms with Gasteiger partial charge in [0, 0.05) is 0 Å². The average Bonchev–Trinajstić information content (AvgIpc) is 2.37. The molecular weight excluding hydrogens is 178 g/mol. The minimum absolute atomic E-state index is 0.137. The van der Waals surface area contributed by atoms with E-state index in [2.05, 4.69) is 21.0 Å². The molecule has 6 heteroatoms. The fourth-order valence-corrected chi connectivity index (χ4v) is 0.915. The van der Waals surface area contributed by atoms with Gasteiger partial charge < -0.3 is 4.74 Å². The number of carbonyl (C=O) groups excluding carboxylic acids is 1. The highest BCUT2D eigenvalue weighted by molar-refractivity contribution is 7.13. The van der Waals surface area contributed by atoms with Gasteiger partial charge in [0.2, 0.25) is 5.13 Å². The van der Waals surface area contributed by atoms with E-state index in [0.717, 1.165) is 11.3 Å². The molecule has 0 aromatic carbocycles. The maximum absolute atomic E-state index is 10.9. The molecular formula is C6H8N3O2S. The molecule has 0 unspecified atom stereocenters. The van der Waals surface area contributed by atoms with Crippen molar-refractivity contribution in [3.05, 3.63) is 5.51 Å². The Morgan fingerprint density at radius 1 is 1.75 bits per heavy atom. The first-order valence-corrected chi connectivity index (χ1v) is 4.17. The summed E-state index contributed by atoms with van der Waals surface area (Å²) in [5, 5.41) is 9.79. The molecule has 1 amide bonds. The first-order valence-electron chi connectivity index (χ1n) is 3.35. The van der Waals surface area contributed by atoms with Gasteiger partial charge in [0.25, 0.3) is 0 Å². The van der Waals surface area contributed by atoms with Crippen LogP contribution in [0.15, 0.2) is 0 Å². The van der Waals surface area contributed by atoms with Crippen LogP contribution in [-0.4, -0.2) is 22.4 Å². The first kappa shape index (κ1) is 8.92. The van der Waals surface area contributed by atoms with Crippen molar-refractivity contribution in [2.75, 3.05) is 5.32 Å². The zero-order chi connectivity index (χ0) is 8.97. The van der Waals surface area contributed by atoms with Gasteiger partial charge in [-0.15, -0.1) is 10.2 Å². The highest BCUT2D eigenvalue weighted by atomic mass is 32.1. The van der Waals surface area contributed by atoms with Gasteiger partial charge in [-0.25, -0.2) is 4.79 Å². The van der Waals surface area contributed by atoms with Crippen LogP contribution in [0.25, 0.3) is 0 Å². The predicted molar refractivity (Wildman–Crippen MR) is 44.0 cm³/mol. The number of ether oxygens (including phenoxy) is 1. The third-order valence-electron chi connectivity index (χ3n) is 0.876. The minimum atomic E-state index is -0.518. The van der Waals surface area contributed by atoms with Crippen molar-refractivity contribution in [3.8, 4) is 0 Å². The number of carbonyl (C=O) groups is 1. The molecule has 0 saturated carbocycles. The Bertz CT molecular complexity index is 247. The molecule has 12 heavy (non-hydrogen) atoms. The lowest BCUT2D eigenvalue weighted by Gasteiger charge is -2.06. The summed E-state index contributed by atoms with van der Waals surface area (Å²) in [5.41, 5.74) is 2.50. The lowest BCUT2D eigenvalue weighted by atomic mass is 10.5. The largest absolute Gasteiger partial charge is 0.447 e.